The third kappa shape index (κ3) is 4.07. The van der Waals surface area contributed by atoms with Gasteiger partial charge in [-0.15, -0.1) is 0 Å². The summed E-state index contributed by atoms with van der Waals surface area (Å²) < 4.78 is 13.0. The maximum atomic E-state index is 13.0. The molecule has 24 heavy (non-hydrogen) atoms. The molecule has 120 valence electrons. The zero-order chi connectivity index (χ0) is 16.8. The molecular formula is C21H18FNO. The minimum atomic E-state index is -0.339. The van der Waals surface area contributed by atoms with Crippen molar-refractivity contribution in [2.24, 2.45) is 0 Å². The average Bonchev–Trinajstić information content (AvgIpc) is 2.63. The Kier molecular flexibility index (Phi) is 5.02. The van der Waals surface area contributed by atoms with Crippen molar-refractivity contribution in [1.82, 2.24) is 0 Å². The van der Waals surface area contributed by atoms with E-state index in [1.54, 1.807) is 0 Å². The molecule has 0 aliphatic carbocycles. The Hall–Kier alpha value is -2.94. The summed E-state index contributed by atoms with van der Waals surface area (Å²) in [6.45, 7) is 0. The number of carbonyl (C=O) groups excluding carboxylic acids is 1. The molecule has 3 heteroatoms. The van der Waals surface area contributed by atoms with Crippen LogP contribution in [0.2, 0.25) is 0 Å². The minimum Gasteiger partial charge on any atom is -0.378 e. The van der Waals surface area contributed by atoms with E-state index >= 15 is 0 Å². The van der Waals surface area contributed by atoms with Gasteiger partial charge in [0.1, 0.15) is 5.82 Å². The van der Waals surface area contributed by atoms with Crippen molar-refractivity contribution in [2.45, 2.75) is 12.5 Å². The van der Waals surface area contributed by atoms with E-state index in [2.05, 4.69) is 5.32 Å². The molecule has 0 radical (unpaired) electrons. The molecule has 0 saturated heterocycles. The fourth-order valence-electron chi connectivity index (χ4n) is 2.61. The van der Waals surface area contributed by atoms with Gasteiger partial charge in [0.2, 0.25) is 0 Å². The van der Waals surface area contributed by atoms with Gasteiger partial charge < -0.3 is 5.32 Å². The molecule has 0 aromatic heterocycles. The van der Waals surface area contributed by atoms with Crippen LogP contribution in [0.15, 0.2) is 84.9 Å². The predicted molar refractivity (Wildman–Crippen MR) is 94.6 cm³/mol. The lowest BCUT2D eigenvalue weighted by Gasteiger charge is -2.20. The van der Waals surface area contributed by atoms with Crippen LogP contribution in [0, 0.1) is 5.82 Å². The quantitative estimate of drug-likeness (QED) is 0.629. The van der Waals surface area contributed by atoms with E-state index in [1.165, 1.54) is 24.3 Å². The molecule has 0 heterocycles. The molecule has 0 saturated carbocycles. The molecule has 0 bridgehead atoms. The van der Waals surface area contributed by atoms with Gasteiger partial charge in [-0.1, -0.05) is 48.5 Å². The van der Waals surface area contributed by atoms with Gasteiger partial charge in [-0.3, -0.25) is 4.79 Å². The average molecular weight is 319 g/mol. The molecule has 1 atom stereocenters. The molecule has 3 rings (SSSR count). The van der Waals surface area contributed by atoms with Crippen LogP contribution >= 0.6 is 0 Å². The maximum Gasteiger partial charge on any atom is 0.165 e. The van der Waals surface area contributed by atoms with E-state index in [0.29, 0.717) is 12.0 Å². The van der Waals surface area contributed by atoms with Crippen molar-refractivity contribution in [3.63, 3.8) is 0 Å². The largest absolute Gasteiger partial charge is 0.378 e. The van der Waals surface area contributed by atoms with Gasteiger partial charge in [0.25, 0.3) is 0 Å². The van der Waals surface area contributed by atoms with Crippen molar-refractivity contribution in [3.05, 3.63) is 102 Å². The van der Waals surface area contributed by atoms with Crippen LogP contribution in [0.5, 0.6) is 0 Å². The van der Waals surface area contributed by atoms with E-state index in [-0.39, 0.29) is 17.6 Å². The van der Waals surface area contributed by atoms with Gasteiger partial charge in [-0.05, 0) is 42.0 Å². The third-order valence-corrected chi connectivity index (χ3v) is 3.87. The van der Waals surface area contributed by atoms with Gasteiger partial charge in [0.05, 0.1) is 6.04 Å². The summed E-state index contributed by atoms with van der Waals surface area (Å²) >= 11 is 0. The number of Topliss-reactive ketones (excluding diaryl/α,β-unsaturated/α-hetero) is 1. The van der Waals surface area contributed by atoms with Crippen molar-refractivity contribution in [2.75, 3.05) is 5.32 Å². The Morgan fingerprint density at radius 1 is 0.833 bits per heavy atom. The van der Waals surface area contributed by atoms with E-state index < -0.39 is 0 Å². The number of hydrogen-bond acceptors (Lipinski definition) is 2. The van der Waals surface area contributed by atoms with Gasteiger partial charge in [-0.25, -0.2) is 4.39 Å². The summed E-state index contributed by atoms with van der Waals surface area (Å²) in [6.07, 6.45) is 0.296. The summed E-state index contributed by atoms with van der Waals surface area (Å²) in [4.78, 5) is 12.6. The summed E-state index contributed by atoms with van der Waals surface area (Å²) in [5, 5.41) is 3.41. The molecule has 0 aliphatic rings. The molecule has 0 amide bonds. The Bertz CT molecular complexity index is 785. The van der Waals surface area contributed by atoms with Crippen LogP contribution in [-0.2, 0) is 0 Å². The van der Waals surface area contributed by atoms with Crippen LogP contribution in [0.1, 0.15) is 28.4 Å². The number of para-hydroxylation sites is 1. The topological polar surface area (TPSA) is 29.1 Å². The van der Waals surface area contributed by atoms with E-state index in [0.717, 1.165) is 11.3 Å². The van der Waals surface area contributed by atoms with Crippen LogP contribution in [0.3, 0.4) is 0 Å². The molecule has 1 unspecified atom stereocenters. The fraction of sp³-hybridized carbons (Fsp3) is 0.0952. The molecule has 3 aromatic rings. The lowest BCUT2D eigenvalue weighted by atomic mass is 9.97. The zero-order valence-corrected chi connectivity index (χ0v) is 13.2. The fourth-order valence-corrected chi connectivity index (χ4v) is 2.61. The van der Waals surface area contributed by atoms with Gasteiger partial charge in [0, 0.05) is 17.7 Å². The first-order valence-corrected chi connectivity index (χ1v) is 7.87. The molecule has 3 aromatic carbocycles. The Labute approximate surface area is 141 Å². The summed E-state index contributed by atoms with van der Waals surface area (Å²) in [5.74, 6) is -0.360. The molecular weight excluding hydrogens is 301 g/mol. The molecule has 1 N–H and O–H groups in total. The molecule has 0 fully saturated rings. The predicted octanol–water partition coefficient (Wildman–Crippen LogP) is 5.25. The molecule has 0 spiro atoms. The first kappa shape index (κ1) is 15.9. The van der Waals surface area contributed by atoms with Crippen molar-refractivity contribution in [1.29, 1.82) is 0 Å². The number of nitrogens with one attached hydrogen (secondary N) is 1. The van der Waals surface area contributed by atoms with Crippen molar-refractivity contribution < 1.29 is 9.18 Å². The number of hydrogen-bond donors (Lipinski definition) is 1. The van der Waals surface area contributed by atoms with Crippen LogP contribution in [-0.4, -0.2) is 5.78 Å². The number of anilines is 1. The van der Waals surface area contributed by atoms with Gasteiger partial charge in [-0.2, -0.15) is 0 Å². The highest BCUT2D eigenvalue weighted by Crippen LogP contribution is 2.24. The highest BCUT2D eigenvalue weighted by molar-refractivity contribution is 5.96. The minimum absolute atomic E-state index is 0.0210. The second-order valence-electron chi connectivity index (χ2n) is 5.61. The zero-order valence-electron chi connectivity index (χ0n) is 13.2. The summed E-state index contributed by atoms with van der Waals surface area (Å²) in [7, 11) is 0. The number of halogens is 1. The summed E-state index contributed by atoms with van der Waals surface area (Å²) in [6, 6.07) is 25.2. The maximum absolute atomic E-state index is 13.0. The second kappa shape index (κ2) is 7.55. The van der Waals surface area contributed by atoms with Gasteiger partial charge in [0.15, 0.2) is 5.78 Å². The number of carbonyl (C=O) groups is 1. The van der Waals surface area contributed by atoms with Crippen molar-refractivity contribution >= 4 is 11.5 Å². The summed E-state index contributed by atoms with van der Waals surface area (Å²) in [5.41, 5.74) is 2.52. The Morgan fingerprint density at radius 2 is 1.42 bits per heavy atom. The second-order valence-corrected chi connectivity index (χ2v) is 5.61. The van der Waals surface area contributed by atoms with Gasteiger partial charge >= 0.3 is 0 Å². The van der Waals surface area contributed by atoms with E-state index in [1.807, 2.05) is 60.7 Å². The lowest BCUT2D eigenvalue weighted by Crippen LogP contribution is -2.15. The van der Waals surface area contributed by atoms with Crippen molar-refractivity contribution in [3.8, 4) is 0 Å². The highest BCUT2D eigenvalue weighted by atomic mass is 19.1. The highest BCUT2D eigenvalue weighted by Gasteiger charge is 2.17. The standard InChI is InChI=1S/C21H18FNO/c22-18-13-11-17(12-14-18)21(24)15-20(16-7-3-1-4-8-16)23-19-9-5-2-6-10-19/h1-14,20,23H,15H2. The van der Waals surface area contributed by atoms with Crippen LogP contribution < -0.4 is 5.32 Å². The number of benzene rings is 3. The van der Waals surface area contributed by atoms with E-state index in [9.17, 15) is 9.18 Å². The number of rotatable bonds is 6. The molecule has 0 aliphatic heterocycles. The third-order valence-electron chi connectivity index (χ3n) is 3.87. The Morgan fingerprint density at radius 3 is 2.04 bits per heavy atom. The monoisotopic (exact) mass is 319 g/mol. The smallest absolute Gasteiger partial charge is 0.165 e. The first-order chi connectivity index (χ1) is 11.7. The molecule has 2 nitrogen and oxygen atoms in total. The SMILES string of the molecule is O=C(CC(Nc1ccccc1)c1ccccc1)c1ccc(F)cc1. The van der Waals surface area contributed by atoms with Crippen LogP contribution in [0.4, 0.5) is 10.1 Å². The van der Waals surface area contributed by atoms with Crippen LogP contribution in [0.25, 0.3) is 0 Å². The number of ketones is 1. The Balaban J connectivity index is 1.82. The first-order valence-electron chi connectivity index (χ1n) is 7.87. The lowest BCUT2D eigenvalue weighted by molar-refractivity contribution is 0.0976. The van der Waals surface area contributed by atoms with E-state index in [4.69, 9.17) is 0 Å². The normalized spacial score (nSPS) is 11.7.